The van der Waals surface area contributed by atoms with Gasteiger partial charge in [-0.1, -0.05) is 13.8 Å². The van der Waals surface area contributed by atoms with Crippen LogP contribution in [0.15, 0.2) is 0 Å². The van der Waals surface area contributed by atoms with Gasteiger partial charge in [-0.3, -0.25) is 0 Å². The van der Waals surface area contributed by atoms with Gasteiger partial charge in [0.25, 0.3) is 0 Å². The van der Waals surface area contributed by atoms with Gasteiger partial charge in [0.1, 0.15) is 0 Å². The molecule has 0 aliphatic rings. The Labute approximate surface area is 63.4 Å². The molecule has 0 fully saturated rings. The van der Waals surface area contributed by atoms with Crippen LogP contribution in [-0.4, -0.2) is 17.3 Å². The van der Waals surface area contributed by atoms with Gasteiger partial charge < -0.3 is 10.8 Å². The Morgan fingerprint density at radius 3 is 2.20 bits per heavy atom. The molecule has 1 unspecified atom stereocenters. The predicted molar refractivity (Wildman–Crippen MR) is 43.7 cm³/mol. The minimum Gasteiger partial charge on any atom is -0.393 e. The van der Waals surface area contributed by atoms with E-state index in [9.17, 15) is 5.11 Å². The molecular formula is C8H19NO. The van der Waals surface area contributed by atoms with E-state index in [1.54, 1.807) is 0 Å². The molecule has 0 amide bonds. The maximum Gasteiger partial charge on any atom is 0.0540 e. The van der Waals surface area contributed by atoms with Crippen LogP contribution in [0, 0.1) is 5.92 Å². The Morgan fingerprint density at radius 1 is 1.40 bits per heavy atom. The van der Waals surface area contributed by atoms with Crippen LogP contribution in [-0.2, 0) is 0 Å². The second-order valence-corrected chi connectivity index (χ2v) is 3.13. The third-order valence-electron chi connectivity index (χ3n) is 2.01. The average Bonchev–Trinajstić information content (AvgIpc) is 1.87. The number of rotatable bonds is 4. The van der Waals surface area contributed by atoms with E-state index >= 15 is 0 Å². The third-order valence-corrected chi connectivity index (χ3v) is 2.01. The maximum absolute atomic E-state index is 9.22. The summed E-state index contributed by atoms with van der Waals surface area (Å²) in [4.78, 5) is 0. The first-order valence-electron chi connectivity index (χ1n) is 4.01. The van der Waals surface area contributed by atoms with Crippen molar-refractivity contribution in [1.29, 1.82) is 0 Å². The Bertz CT molecular complexity index is 83.3. The molecule has 0 rings (SSSR count). The zero-order valence-electron chi connectivity index (χ0n) is 7.17. The highest BCUT2D eigenvalue weighted by Gasteiger charge is 2.11. The van der Waals surface area contributed by atoms with E-state index < -0.39 is 0 Å². The molecule has 62 valence electrons. The maximum atomic E-state index is 9.22. The molecule has 0 saturated carbocycles. The van der Waals surface area contributed by atoms with E-state index in [-0.39, 0.29) is 12.1 Å². The summed E-state index contributed by atoms with van der Waals surface area (Å²) in [5.74, 6) is 0.426. The molecule has 0 spiro atoms. The lowest BCUT2D eigenvalue weighted by molar-refractivity contribution is 0.136. The van der Waals surface area contributed by atoms with Gasteiger partial charge in [0.2, 0.25) is 0 Å². The van der Waals surface area contributed by atoms with Crippen LogP contribution in [0.1, 0.15) is 33.6 Å². The fourth-order valence-corrected chi connectivity index (χ4v) is 0.810. The number of nitrogens with two attached hydrogens (primary N) is 1. The summed E-state index contributed by atoms with van der Waals surface area (Å²) in [5.41, 5.74) is 5.63. The molecule has 3 atom stereocenters. The Morgan fingerprint density at radius 2 is 1.90 bits per heavy atom. The van der Waals surface area contributed by atoms with Gasteiger partial charge >= 0.3 is 0 Å². The highest BCUT2D eigenvalue weighted by atomic mass is 16.3. The van der Waals surface area contributed by atoms with E-state index in [2.05, 4.69) is 6.92 Å². The molecule has 3 N–H and O–H groups in total. The summed E-state index contributed by atoms with van der Waals surface area (Å²) >= 11 is 0. The average molecular weight is 145 g/mol. The smallest absolute Gasteiger partial charge is 0.0540 e. The topological polar surface area (TPSA) is 46.2 Å². The van der Waals surface area contributed by atoms with E-state index in [0.717, 1.165) is 12.8 Å². The first-order chi connectivity index (χ1) is 4.57. The third kappa shape index (κ3) is 3.85. The van der Waals surface area contributed by atoms with Crippen LogP contribution in [0.3, 0.4) is 0 Å². The highest BCUT2D eigenvalue weighted by molar-refractivity contribution is 4.67. The van der Waals surface area contributed by atoms with Crippen LogP contribution >= 0.6 is 0 Å². The summed E-state index contributed by atoms with van der Waals surface area (Å²) in [5, 5.41) is 9.22. The molecule has 0 bridgehead atoms. The SMILES string of the molecule is CC[C@H](O)C[C@H](C)C(C)N. The van der Waals surface area contributed by atoms with E-state index in [0.29, 0.717) is 5.92 Å². The molecule has 2 heteroatoms. The van der Waals surface area contributed by atoms with Gasteiger partial charge in [0, 0.05) is 6.04 Å². The molecule has 0 aliphatic carbocycles. The quantitative estimate of drug-likeness (QED) is 0.623. The Hall–Kier alpha value is -0.0800. The fourth-order valence-electron chi connectivity index (χ4n) is 0.810. The monoisotopic (exact) mass is 145 g/mol. The zero-order chi connectivity index (χ0) is 8.15. The van der Waals surface area contributed by atoms with Gasteiger partial charge in [-0.15, -0.1) is 0 Å². The Kier molecular flexibility index (Phi) is 4.65. The largest absolute Gasteiger partial charge is 0.393 e. The van der Waals surface area contributed by atoms with Crippen molar-refractivity contribution in [1.82, 2.24) is 0 Å². The van der Waals surface area contributed by atoms with Crippen molar-refractivity contribution < 1.29 is 5.11 Å². The van der Waals surface area contributed by atoms with Gasteiger partial charge in [0.15, 0.2) is 0 Å². The second kappa shape index (κ2) is 4.69. The molecule has 0 aromatic carbocycles. The molecule has 0 saturated heterocycles. The van der Waals surface area contributed by atoms with Crippen LogP contribution < -0.4 is 5.73 Å². The summed E-state index contributed by atoms with van der Waals surface area (Å²) in [7, 11) is 0. The molecule has 0 heterocycles. The van der Waals surface area contributed by atoms with E-state index in [1.807, 2.05) is 13.8 Å². The summed E-state index contributed by atoms with van der Waals surface area (Å²) in [6.07, 6.45) is 1.49. The standard InChI is InChI=1S/C8H19NO/c1-4-8(10)5-6(2)7(3)9/h6-8,10H,4-5,9H2,1-3H3/t6-,7?,8-/m0/s1. The zero-order valence-corrected chi connectivity index (χ0v) is 7.17. The van der Waals surface area contributed by atoms with Crippen molar-refractivity contribution in [3.63, 3.8) is 0 Å². The number of aliphatic hydroxyl groups is 1. The lowest BCUT2D eigenvalue weighted by Gasteiger charge is -2.17. The summed E-state index contributed by atoms with van der Waals surface area (Å²) in [6, 6.07) is 0.196. The first-order valence-corrected chi connectivity index (χ1v) is 4.01. The van der Waals surface area contributed by atoms with Crippen molar-refractivity contribution in [2.75, 3.05) is 0 Å². The van der Waals surface area contributed by atoms with Gasteiger partial charge in [-0.25, -0.2) is 0 Å². The molecular weight excluding hydrogens is 126 g/mol. The van der Waals surface area contributed by atoms with Crippen molar-refractivity contribution in [2.45, 2.75) is 45.8 Å². The number of hydrogen-bond donors (Lipinski definition) is 2. The molecule has 0 radical (unpaired) electrons. The number of aliphatic hydroxyl groups excluding tert-OH is 1. The Balaban J connectivity index is 3.46. The normalized spacial score (nSPS) is 20.1. The van der Waals surface area contributed by atoms with Crippen LogP contribution in [0.5, 0.6) is 0 Å². The van der Waals surface area contributed by atoms with Crippen molar-refractivity contribution >= 4 is 0 Å². The first kappa shape index (κ1) is 9.92. The fraction of sp³-hybridized carbons (Fsp3) is 1.00. The minimum atomic E-state index is -0.166. The van der Waals surface area contributed by atoms with E-state index in [1.165, 1.54) is 0 Å². The molecule has 0 aromatic heterocycles. The number of hydrogen-bond acceptors (Lipinski definition) is 2. The molecule has 2 nitrogen and oxygen atoms in total. The molecule has 0 aromatic rings. The van der Waals surface area contributed by atoms with Crippen LogP contribution in [0.2, 0.25) is 0 Å². The van der Waals surface area contributed by atoms with Gasteiger partial charge in [-0.05, 0) is 25.7 Å². The van der Waals surface area contributed by atoms with Gasteiger partial charge in [-0.2, -0.15) is 0 Å². The molecule has 0 aliphatic heterocycles. The summed E-state index contributed by atoms with van der Waals surface area (Å²) < 4.78 is 0. The van der Waals surface area contributed by atoms with Crippen molar-refractivity contribution in [3.05, 3.63) is 0 Å². The second-order valence-electron chi connectivity index (χ2n) is 3.13. The highest BCUT2D eigenvalue weighted by Crippen LogP contribution is 2.10. The van der Waals surface area contributed by atoms with Crippen LogP contribution in [0.4, 0.5) is 0 Å². The van der Waals surface area contributed by atoms with Gasteiger partial charge in [0.05, 0.1) is 6.10 Å². The van der Waals surface area contributed by atoms with Crippen molar-refractivity contribution in [2.24, 2.45) is 11.7 Å². The van der Waals surface area contributed by atoms with Crippen LogP contribution in [0.25, 0.3) is 0 Å². The lowest BCUT2D eigenvalue weighted by Crippen LogP contribution is -2.27. The van der Waals surface area contributed by atoms with E-state index in [4.69, 9.17) is 5.73 Å². The summed E-state index contributed by atoms with van der Waals surface area (Å²) in [6.45, 7) is 6.04. The lowest BCUT2D eigenvalue weighted by atomic mass is 9.96. The predicted octanol–water partition coefficient (Wildman–Crippen LogP) is 1.13. The molecule has 10 heavy (non-hydrogen) atoms. The minimum absolute atomic E-state index is 0.166. The van der Waals surface area contributed by atoms with Crippen molar-refractivity contribution in [3.8, 4) is 0 Å².